The number of carbonyl (C=O) groups excluding carboxylic acids is 3. The van der Waals surface area contributed by atoms with Crippen molar-refractivity contribution in [3.05, 3.63) is 65.7 Å². The van der Waals surface area contributed by atoms with Gasteiger partial charge < -0.3 is 15.2 Å². The van der Waals surface area contributed by atoms with Crippen LogP contribution in [0.25, 0.3) is 0 Å². The maximum atomic E-state index is 12.2. The number of urea groups is 1. The molecule has 0 aliphatic heterocycles. The highest BCUT2D eigenvalue weighted by molar-refractivity contribution is 5.99. The summed E-state index contributed by atoms with van der Waals surface area (Å²) in [4.78, 5) is 35.8. The van der Waals surface area contributed by atoms with E-state index in [4.69, 9.17) is 4.74 Å². The predicted molar refractivity (Wildman–Crippen MR) is 85.3 cm³/mol. The Labute approximate surface area is 138 Å². The first-order chi connectivity index (χ1) is 11.5. The van der Waals surface area contributed by atoms with E-state index in [0.717, 1.165) is 0 Å². The highest BCUT2D eigenvalue weighted by atomic mass is 16.5. The molecule has 7 heteroatoms. The fourth-order valence-corrected chi connectivity index (χ4v) is 1.95. The fourth-order valence-electron chi connectivity index (χ4n) is 1.95. The number of hydrogen-bond acceptors (Lipinski definition) is 5. The third kappa shape index (κ3) is 4.33. The van der Waals surface area contributed by atoms with Gasteiger partial charge in [0, 0.05) is 12.6 Å². The van der Waals surface area contributed by atoms with Crippen molar-refractivity contribution in [3.63, 3.8) is 0 Å². The Kier molecular flexibility index (Phi) is 5.51. The van der Waals surface area contributed by atoms with Gasteiger partial charge in [-0.3, -0.25) is 10.1 Å². The van der Waals surface area contributed by atoms with Gasteiger partial charge in [-0.15, -0.1) is 0 Å². The average molecular weight is 328 g/mol. The van der Waals surface area contributed by atoms with Gasteiger partial charge >= 0.3 is 12.0 Å². The van der Waals surface area contributed by atoms with E-state index >= 15 is 0 Å². The quantitative estimate of drug-likeness (QED) is 0.742. The van der Waals surface area contributed by atoms with Gasteiger partial charge in [0.2, 0.25) is 6.10 Å². The zero-order valence-corrected chi connectivity index (χ0v) is 12.9. The van der Waals surface area contributed by atoms with Crippen LogP contribution in [-0.4, -0.2) is 30.1 Å². The van der Waals surface area contributed by atoms with Crippen molar-refractivity contribution in [2.75, 3.05) is 7.05 Å². The van der Waals surface area contributed by atoms with Crippen molar-refractivity contribution in [2.45, 2.75) is 6.10 Å². The molecule has 3 N–H and O–H groups in total. The van der Waals surface area contributed by atoms with Crippen LogP contribution in [0, 0.1) is 0 Å². The van der Waals surface area contributed by atoms with Gasteiger partial charge in [0.05, 0.1) is 5.56 Å². The first kappa shape index (κ1) is 17.0. The van der Waals surface area contributed by atoms with Gasteiger partial charge in [0.15, 0.2) is 0 Å². The first-order valence-electron chi connectivity index (χ1n) is 7.09. The van der Waals surface area contributed by atoms with Crippen LogP contribution in [0.3, 0.4) is 0 Å². The molecular formula is C17H16N2O5. The fraction of sp³-hybridized carbons (Fsp3) is 0.118. The van der Waals surface area contributed by atoms with Crippen LogP contribution in [0.1, 0.15) is 22.0 Å². The van der Waals surface area contributed by atoms with E-state index in [2.05, 4.69) is 10.6 Å². The Morgan fingerprint density at radius 2 is 1.75 bits per heavy atom. The van der Waals surface area contributed by atoms with Crippen molar-refractivity contribution in [3.8, 4) is 5.75 Å². The van der Waals surface area contributed by atoms with Crippen LogP contribution >= 0.6 is 0 Å². The molecule has 0 aromatic heterocycles. The van der Waals surface area contributed by atoms with Crippen LogP contribution in [0.2, 0.25) is 0 Å². The van der Waals surface area contributed by atoms with Crippen molar-refractivity contribution in [1.82, 2.24) is 10.6 Å². The number of benzene rings is 2. The summed E-state index contributed by atoms with van der Waals surface area (Å²) in [6.07, 6.45) is -1.31. The number of carbonyl (C=O) groups is 3. The molecule has 0 saturated heterocycles. The van der Waals surface area contributed by atoms with E-state index in [1.165, 1.54) is 31.3 Å². The van der Waals surface area contributed by atoms with Crippen LogP contribution in [0.4, 0.5) is 4.79 Å². The van der Waals surface area contributed by atoms with E-state index in [0.29, 0.717) is 5.56 Å². The third-order valence-corrected chi connectivity index (χ3v) is 3.11. The largest absolute Gasteiger partial charge is 0.508 e. The second-order valence-corrected chi connectivity index (χ2v) is 4.81. The third-order valence-electron chi connectivity index (χ3n) is 3.11. The molecule has 0 heterocycles. The lowest BCUT2D eigenvalue weighted by Gasteiger charge is -2.17. The topological polar surface area (TPSA) is 105 Å². The second-order valence-electron chi connectivity index (χ2n) is 4.81. The molecule has 0 saturated carbocycles. The van der Waals surface area contributed by atoms with Crippen LogP contribution in [0.15, 0.2) is 54.6 Å². The Hall–Kier alpha value is -3.35. The number of phenolic OH excluding ortho intramolecular Hbond substituents is 1. The molecule has 2 rings (SSSR count). The zero-order chi connectivity index (χ0) is 17.5. The van der Waals surface area contributed by atoms with E-state index in [1.807, 2.05) is 0 Å². The summed E-state index contributed by atoms with van der Waals surface area (Å²) in [5.74, 6) is -1.68. The summed E-state index contributed by atoms with van der Waals surface area (Å²) >= 11 is 0. The van der Waals surface area contributed by atoms with Crippen LogP contribution < -0.4 is 10.6 Å². The minimum atomic E-state index is -1.31. The minimum absolute atomic E-state index is 0.0867. The molecule has 0 spiro atoms. The standard InChI is InChI=1S/C17H16N2O5/c1-18-17(23)19-15(21)14(11-6-3-2-4-7-11)24-16(22)12-8-5-9-13(20)10-12/h2-10,14,20H,1H3,(H2,18,19,21,23)/t14-/m0/s1. The molecule has 2 aromatic carbocycles. The molecule has 2 aromatic rings. The number of ether oxygens (including phenoxy) is 1. The first-order valence-corrected chi connectivity index (χ1v) is 7.09. The molecule has 0 fully saturated rings. The Morgan fingerprint density at radius 1 is 1.04 bits per heavy atom. The van der Waals surface area contributed by atoms with E-state index in [-0.39, 0.29) is 11.3 Å². The maximum Gasteiger partial charge on any atom is 0.339 e. The monoisotopic (exact) mass is 328 g/mol. The number of nitrogens with one attached hydrogen (secondary N) is 2. The lowest BCUT2D eigenvalue weighted by atomic mass is 10.1. The van der Waals surface area contributed by atoms with Crippen molar-refractivity contribution in [1.29, 1.82) is 0 Å². The van der Waals surface area contributed by atoms with Crippen LogP contribution in [-0.2, 0) is 9.53 Å². The average Bonchev–Trinajstić information content (AvgIpc) is 2.59. The molecule has 24 heavy (non-hydrogen) atoms. The van der Waals surface area contributed by atoms with Gasteiger partial charge in [0.25, 0.3) is 5.91 Å². The van der Waals surface area contributed by atoms with Gasteiger partial charge in [0.1, 0.15) is 5.75 Å². The van der Waals surface area contributed by atoms with E-state index in [9.17, 15) is 19.5 Å². The van der Waals surface area contributed by atoms with Crippen molar-refractivity contribution < 1.29 is 24.2 Å². The summed E-state index contributed by atoms with van der Waals surface area (Å²) in [6, 6.07) is 13.1. The highest BCUT2D eigenvalue weighted by Crippen LogP contribution is 2.21. The molecule has 0 bridgehead atoms. The summed E-state index contributed by atoms with van der Waals surface area (Å²) in [5.41, 5.74) is 0.496. The normalized spacial score (nSPS) is 11.2. The molecule has 124 valence electrons. The van der Waals surface area contributed by atoms with E-state index < -0.39 is 24.0 Å². The molecule has 3 amide bonds. The summed E-state index contributed by atoms with van der Waals surface area (Å²) in [5, 5.41) is 13.8. The predicted octanol–water partition coefficient (Wildman–Crippen LogP) is 1.75. The van der Waals surface area contributed by atoms with Gasteiger partial charge in [-0.1, -0.05) is 36.4 Å². The number of aromatic hydroxyl groups is 1. The number of phenols is 1. The molecule has 7 nitrogen and oxygen atoms in total. The molecule has 0 radical (unpaired) electrons. The SMILES string of the molecule is CNC(=O)NC(=O)[C@@H](OC(=O)c1cccc(O)c1)c1ccccc1. The maximum absolute atomic E-state index is 12.2. The molecular weight excluding hydrogens is 312 g/mol. The van der Waals surface area contributed by atoms with Gasteiger partial charge in [-0.05, 0) is 18.2 Å². The smallest absolute Gasteiger partial charge is 0.339 e. The number of amides is 3. The Bertz CT molecular complexity index is 746. The van der Waals surface area contributed by atoms with Gasteiger partial charge in [-0.2, -0.15) is 0 Å². The number of rotatable bonds is 4. The summed E-state index contributed by atoms with van der Waals surface area (Å²) in [7, 11) is 1.36. The Balaban J connectivity index is 2.24. The van der Waals surface area contributed by atoms with Gasteiger partial charge in [-0.25, -0.2) is 9.59 Å². The van der Waals surface area contributed by atoms with Crippen LogP contribution in [0.5, 0.6) is 5.75 Å². The molecule has 0 unspecified atom stereocenters. The van der Waals surface area contributed by atoms with Crippen molar-refractivity contribution in [2.24, 2.45) is 0 Å². The molecule has 0 aliphatic rings. The molecule has 1 atom stereocenters. The molecule has 0 aliphatic carbocycles. The zero-order valence-electron chi connectivity index (χ0n) is 12.9. The lowest BCUT2D eigenvalue weighted by molar-refractivity contribution is -0.129. The minimum Gasteiger partial charge on any atom is -0.508 e. The Morgan fingerprint density at radius 3 is 2.38 bits per heavy atom. The highest BCUT2D eigenvalue weighted by Gasteiger charge is 2.27. The number of esters is 1. The second kappa shape index (κ2) is 7.77. The van der Waals surface area contributed by atoms with E-state index in [1.54, 1.807) is 30.3 Å². The summed E-state index contributed by atoms with van der Waals surface area (Å²) in [6.45, 7) is 0. The summed E-state index contributed by atoms with van der Waals surface area (Å²) < 4.78 is 5.24. The van der Waals surface area contributed by atoms with Crippen molar-refractivity contribution >= 4 is 17.9 Å². The number of imide groups is 1. The number of hydrogen-bond donors (Lipinski definition) is 3. The lowest BCUT2D eigenvalue weighted by Crippen LogP contribution is -2.41.